The average Bonchev–Trinajstić information content (AvgIpc) is 3.24. The predicted molar refractivity (Wildman–Crippen MR) is 87.0 cm³/mol. The maximum absolute atomic E-state index is 12.5. The van der Waals surface area contributed by atoms with E-state index in [1.807, 2.05) is 0 Å². The van der Waals surface area contributed by atoms with E-state index in [2.05, 4.69) is 32.7 Å². The SMILES string of the molecule is Cc1nnc(NC(=O)CCN2C(=O)[C@@H]3[C@@H](C2=O)[C@H]2C=C[C@H]3C2)nc1C. The Labute approximate surface area is 144 Å². The van der Waals surface area contributed by atoms with Crippen LogP contribution in [0, 0.1) is 37.5 Å². The van der Waals surface area contributed by atoms with Gasteiger partial charge in [-0.1, -0.05) is 12.2 Å². The molecule has 0 radical (unpaired) electrons. The number of nitrogens with one attached hydrogen (secondary N) is 1. The molecule has 2 bridgehead atoms. The Morgan fingerprint density at radius 2 is 1.76 bits per heavy atom. The van der Waals surface area contributed by atoms with Crippen LogP contribution in [0.1, 0.15) is 24.2 Å². The molecule has 2 aliphatic carbocycles. The van der Waals surface area contributed by atoms with Crippen LogP contribution in [-0.4, -0.2) is 44.3 Å². The molecule has 1 aromatic rings. The molecule has 3 amide bonds. The van der Waals surface area contributed by atoms with Crippen LogP contribution in [0.3, 0.4) is 0 Å². The van der Waals surface area contributed by atoms with Crippen molar-refractivity contribution in [2.45, 2.75) is 26.7 Å². The van der Waals surface area contributed by atoms with Gasteiger partial charge in [0.05, 0.1) is 23.2 Å². The van der Waals surface area contributed by atoms with Crippen molar-refractivity contribution in [2.24, 2.45) is 23.7 Å². The Bertz CT molecular complexity index is 775. The molecule has 1 aliphatic heterocycles. The third kappa shape index (κ3) is 2.52. The Morgan fingerprint density at radius 3 is 2.36 bits per heavy atom. The number of likely N-dealkylation sites (tertiary alicyclic amines) is 1. The number of fused-ring (bicyclic) bond motifs is 5. The maximum Gasteiger partial charge on any atom is 0.249 e. The highest BCUT2D eigenvalue weighted by Gasteiger charge is 2.58. The number of amides is 3. The van der Waals surface area contributed by atoms with Crippen molar-refractivity contribution in [2.75, 3.05) is 11.9 Å². The average molecular weight is 341 g/mol. The Morgan fingerprint density at radius 1 is 1.12 bits per heavy atom. The van der Waals surface area contributed by atoms with Gasteiger partial charge in [0.15, 0.2) is 0 Å². The van der Waals surface area contributed by atoms with E-state index in [9.17, 15) is 14.4 Å². The standard InChI is InChI=1S/C17H19N5O3/c1-8-9(2)20-21-17(18-8)19-12(23)5-6-22-15(24)13-10-3-4-11(7-10)14(13)16(22)25/h3-4,10-11,13-14H,5-7H2,1-2H3,(H,18,19,21,23)/t10-,11-,13-,14-/m0/s1. The number of aromatic nitrogens is 3. The highest BCUT2D eigenvalue weighted by molar-refractivity contribution is 6.06. The van der Waals surface area contributed by atoms with Crippen molar-refractivity contribution in [3.63, 3.8) is 0 Å². The van der Waals surface area contributed by atoms with Crippen molar-refractivity contribution in [1.29, 1.82) is 0 Å². The van der Waals surface area contributed by atoms with Crippen LogP contribution in [0.25, 0.3) is 0 Å². The molecule has 1 saturated heterocycles. The predicted octanol–water partition coefficient (Wildman–Crippen LogP) is 0.624. The lowest BCUT2D eigenvalue weighted by Crippen LogP contribution is -2.35. The lowest BCUT2D eigenvalue weighted by molar-refractivity contribution is -0.140. The molecule has 130 valence electrons. The van der Waals surface area contributed by atoms with Gasteiger partial charge in [0, 0.05) is 13.0 Å². The van der Waals surface area contributed by atoms with Gasteiger partial charge < -0.3 is 0 Å². The first-order chi connectivity index (χ1) is 12.0. The van der Waals surface area contributed by atoms with Crippen LogP contribution in [0.2, 0.25) is 0 Å². The minimum absolute atomic E-state index is 0.0238. The normalized spacial score (nSPS) is 29.4. The fourth-order valence-electron chi connectivity index (χ4n) is 4.09. The maximum atomic E-state index is 12.5. The number of carbonyl (C=O) groups is 3. The number of carbonyl (C=O) groups excluding carboxylic acids is 3. The molecule has 4 rings (SSSR count). The molecule has 1 N–H and O–H groups in total. The zero-order chi connectivity index (χ0) is 17.7. The van der Waals surface area contributed by atoms with E-state index in [0.717, 1.165) is 6.42 Å². The first-order valence-electron chi connectivity index (χ1n) is 8.47. The highest BCUT2D eigenvalue weighted by Crippen LogP contribution is 2.52. The molecule has 8 nitrogen and oxygen atoms in total. The molecule has 0 unspecified atom stereocenters. The second kappa shape index (κ2) is 5.72. The Kier molecular flexibility index (Phi) is 3.63. The summed E-state index contributed by atoms with van der Waals surface area (Å²) in [6, 6.07) is 0. The minimum Gasteiger partial charge on any atom is -0.293 e. The van der Waals surface area contributed by atoms with Crippen molar-refractivity contribution < 1.29 is 14.4 Å². The van der Waals surface area contributed by atoms with Gasteiger partial charge >= 0.3 is 0 Å². The molecule has 0 aromatic carbocycles. The lowest BCUT2D eigenvalue weighted by Gasteiger charge is -2.16. The monoisotopic (exact) mass is 341 g/mol. The molecule has 2 heterocycles. The first-order valence-corrected chi connectivity index (χ1v) is 8.47. The van der Waals surface area contributed by atoms with E-state index in [1.165, 1.54) is 4.90 Å². The molecule has 1 aromatic heterocycles. The topological polar surface area (TPSA) is 105 Å². The molecule has 8 heteroatoms. The third-order valence-corrected chi connectivity index (χ3v) is 5.47. The fourth-order valence-corrected chi connectivity index (χ4v) is 4.09. The molecular weight excluding hydrogens is 322 g/mol. The van der Waals surface area contributed by atoms with Crippen molar-refractivity contribution in [1.82, 2.24) is 20.1 Å². The summed E-state index contributed by atoms with van der Waals surface area (Å²) in [5.41, 5.74) is 1.38. The van der Waals surface area contributed by atoms with E-state index in [-0.39, 0.29) is 60.3 Å². The molecular formula is C17H19N5O3. The number of rotatable bonds is 4. The van der Waals surface area contributed by atoms with Gasteiger partial charge in [-0.2, -0.15) is 5.10 Å². The van der Waals surface area contributed by atoms with E-state index in [0.29, 0.717) is 11.4 Å². The van der Waals surface area contributed by atoms with Crippen LogP contribution < -0.4 is 5.32 Å². The van der Waals surface area contributed by atoms with Gasteiger partial charge in [0.2, 0.25) is 23.7 Å². The zero-order valence-corrected chi connectivity index (χ0v) is 14.1. The molecule has 3 aliphatic rings. The number of imide groups is 1. The Hall–Kier alpha value is -2.64. The first kappa shape index (κ1) is 15.9. The number of aryl methyl sites for hydroxylation is 2. The number of hydrogen-bond donors (Lipinski definition) is 1. The summed E-state index contributed by atoms with van der Waals surface area (Å²) in [7, 11) is 0. The van der Waals surface area contributed by atoms with Crippen LogP contribution in [0.15, 0.2) is 12.2 Å². The van der Waals surface area contributed by atoms with Crippen LogP contribution in [0.4, 0.5) is 5.95 Å². The third-order valence-electron chi connectivity index (χ3n) is 5.47. The lowest BCUT2D eigenvalue weighted by atomic mass is 9.85. The van der Waals surface area contributed by atoms with Gasteiger partial charge in [-0.15, -0.1) is 5.10 Å². The summed E-state index contributed by atoms with van der Waals surface area (Å²) in [4.78, 5) is 42.6. The van der Waals surface area contributed by atoms with Crippen LogP contribution in [0.5, 0.6) is 0 Å². The number of anilines is 1. The van der Waals surface area contributed by atoms with Crippen molar-refractivity contribution in [3.8, 4) is 0 Å². The van der Waals surface area contributed by atoms with Gasteiger partial charge in [-0.3, -0.25) is 24.6 Å². The quantitative estimate of drug-likeness (QED) is 0.636. The largest absolute Gasteiger partial charge is 0.293 e. The second-order valence-corrected chi connectivity index (χ2v) is 6.93. The summed E-state index contributed by atoms with van der Waals surface area (Å²) < 4.78 is 0. The van der Waals surface area contributed by atoms with Crippen LogP contribution >= 0.6 is 0 Å². The minimum atomic E-state index is -0.344. The van der Waals surface area contributed by atoms with Gasteiger partial charge in [-0.25, -0.2) is 4.98 Å². The summed E-state index contributed by atoms with van der Waals surface area (Å²) in [5.74, 6) is -0.571. The molecule has 25 heavy (non-hydrogen) atoms. The smallest absolute Gasteiger partial charge is 0.249 e. The molecule has 4 atom stereocenters. The van der Waals surface area contributed by atoms with E-state index in [1.54, 1.807) is 13.8 Å². The summed E-state index contributed by atoms with van der Waals surface area (Å²) in [6.45, 7) is 3.65. The van der Waals surface area contributed by atoms with Gasteiger partial charge in [0.1, 0.15) is 0 Å². The molecule has 0 spiro atoms. The zero-order valence-electron chi connectivity index (χ0n) is 14.1. The summed E-state index contributed by atoms with van der Waals surface area (Å²) in [5, 5.41) is 10.3. The fraction of sp³-hybridized carbons (Fsp3) is 0.529. The van der Waals surface area contributed by atoms with Crippen molar-refractivity contribution >= 4 is 23.7 Å². The number of hydrogen-bond acceptors (Lipinski definition) is 6. The van der Waals surface area contributed by atoms with E-state index >= 15 is 0 Å². The van der Waals surface area contributed by atoms with Gasteiger partial charge in [0.25, 0.3) is 0 Å². The van der Waals surface area contributed by atoms with E-state index < -0.39 is 0 Å². The van der Waals surface area contributed by atoms with Crippen molar-refractivity contribution in [3.05, 3.63) is 23.5 Å². The van der Waals surface area contributed by atoms with Gasteiger partial charge in [-0.05, 0) is 32.1 Å². The highest BCUT2D eigenvalue weighted by atomic mass is 16.2. The van der Waals surface area contributed by atoms with E-state index in [4.69, 9.17) is 0 Å². The van der Waals surface area contributed by atoms with Crippen LogP contribution in [-0.2, 0) is 14.4 Å². The molecule has 1 saturated carbocycles. The summed E-state index contributed by atoms with van der Waals surface area (Å²) in [6.07, 6.45) is 5.03. The number of allylic oxidation sites excluding steroid dienone is 2. The Balaban J connectivity index is 1.37. The summed E-state index contributed by atoms with van der Waals surface area (Å²) >= 11 is 0. The number of nitrogens with zero attached hydrogens (tertiary/aromatic N) is 4. The molecule has 2 fully saturated rings. The second-order valence-electron chi connectivity index (χ2n) is 6.93.